The number of β-amino-alcohol motifs (C(OH)–C–C–N with tert-alkyl or cyclic N) is 1. The van der Waals surface area contributed by atoms with Gasteiger partial charge in [0, 0.05) is 25.0 Å². The second kappa shape index (κ2) is 7.37. The first-order chi connectivity index (χ1) is 13.8. The fourth-order valence-corrected chi connectivity index (χ4v) is 3.93. The van der Waals surface area contributed by atoms with E-state index in [9.17, 15) is 5.11 Å². The first-order valence-electron chi connectivity index (χ1n) is 9.68. The van der Waals surface area contributed by atoms with Crippen molar-refractivity contribution in [3.8, 4) is 17.2 Å². The number of para-hydroxylation sites is 1. The molecule has 5 rings (SSSR count). The molecule has 0 aliphatic carbocycles. The first-order valence-corrected chi connectivity index (χ1v) is 9.68. The van der Waals surface area contributed by atoms with E-state index in [1.807, 2.05) is 30.3 Å². The Labute approximate surface area is 163 Å². The van der Waals surface area contributed by atoms with Gasteiger partial charge < -0.3 is 23.7 Å². The molecule has 28 heavy (non-hydrogen) atoms. The maximum absolute atomic E-state index is 10.7. The highest BCUT2D eigenvalue weighted by molar-refractivity contribution is 5.77. The van der Waals surface area contributed by atoms with Crippen molar-refractivity contribution < 1.29 is 23.7 Å². The smallest absolute Gasteiger partial charge is 0.203 e. The van der Waals surface area contributed by atoms with E-state index in [0.717, 1.165) is 30.5 Å². The lowest BCUT2D eigenvalue weighted by Crippen LogP contribution is -2.48. The van der Waals surface area contributed by atoms with Gasteiger partial charge in [0.05, 0.1) is 6.26 Å². The number of fused-ring (bicyclic) bond motifs is 2. The second-order valence-corrected chi connectivity index (χ2v) is 7.32. The minimum Gasteiger partial charge on any atom is -0.486 e. The van der Waals surface area contributed by atoms with Crippen LogP contribution in [0.1, 0.15) is 12.0 Å². The first kappa shape index (κ1) is 17.4. The lowest BCUT2D eigenvalue weighted by atomic mass is 10.0. The summed E-state index contributed by atoms with van der Waals surface area (Å²) in [4.78, 5) is 2.26. The predicted molar refractivity (Wildman–Crippen MR) is 104 cm³/mol. The van der Waals surface area contributed by atoms with Gasteiger partial charge in [-0.2, -0.15) is 0 Å². The monoisotopic (exact) mass is 381 g/mol. The highest BCUT2D eigenvalue weighted by atomic mass is 16.6. The number of hydrogen-bond donors (Lipinski definition) is 1. The Kier molecular flexibility index (Phi) is 4.58. The van der Waals surface area contributed by atoms with Crippen LogP contribution < -0.4 is 14.2 Å². The second-order valence-electron chi connectivity index (χ2n) is 7.32. The molecule has 3 aromatic rings. The maximum Gasteiger partial charge on any atom is 0.203 e. The zero-order valence-electron chi connectivity index (χ0n) is 15.5. The number of furan rings is 1. The number of aliphatic hydroxyl groups excluding tert-OH is 1. The summed E-state index contributed by atoms with van der Waals surface area (Å²) < 4.78 is 22.8. The average molecular weight is 381 g/mol. The molecule has 6 nitrogen and oxygen atoms in total. The molecule has 146 valence electrons. The largest absolute Gasteiger partial charge is 0.486 e. The maximum atomic E-state index is 10.7. The molecule has 2 aliphatic heterocycles. The van der Waals surface area contributed by atoms with Crippen molar-refractivity contribution in [2.45, 2.75) is 25.2 Å². The normalized spacial score (nSPS) is 22.3. The molecule has 1 aromatic heterocycles. The van der Waals surface area contributed by atoms with Crippen LogP contribution in [0.2, 0.25) is 0 Å². The molecule has 0 spiro atoms. The number of rotatable bonds is 4. The van der Waals surface area contributed by atoms with Gasteiger partial charge in [-0.1, -0.05) is 12.1 Å². The van der Waals surface area contributed by atoms with Crippen molar-refractivity contribution in [2.24, 2.45) is 0 Å². The van der Waals surface area contributed by atoms with Gasteiger partial charge in [0.2, 0.25) is 5.75 Å². The van der Waals surface area contributed by atoms with Gasteiger partial charge in [0.15, 0.2) is 11.5 Å². The molecule has 0 unspecified atom stereocenters. The number of piperidine rings is 1. The van der Waals surface area contributed by atoms with Gasteiger partial charge in [-0.15, -0.1) is 0 Å². The predicted octanol–water partition coefficient (Wildman–Crippen LogP) is 3.22. The molecule has 2 aliphatic rings. The van der Waals surface area contributed by atoms with E-state index >= 15 is 0 Å². The average Bonchev–Trinajstić information content (AvgIpc) is 3.18. The third-order valence-corrected chi connectivity index (χ3v) is 5.34. The lowest BCUT2D eigenvalue weighted by Gasteiger charge is -2.36. The Hall–Kier alpha value is -2.70. The zero-order valence-corrected chi connectivity index (χ0v) is 15.5. The molecule has 1 saturated heterocycles. The lowest BCUT2D eigenvalue weighted by molar-refractivity contribution is -0.0290. The minimum absolute atomic E-state index is 0.260. The Bertz CT molecular complexity index is 968. The third-order valence-electron chi connectivity index (χ3n) is 5.34. The van der Waals surface area contributed by atoms with E-state index in [0.29, 0.717) is 37.0 Å². The van der Waals surface area contributed by atoms with Crippen molar-refractivity contribution in [1.29, 1.82) is 0 Å². The van der Waals surface area contributed by atoms with Crippen LogP contribution in [0.4, 0.5) is 0 Å². The van der Waals surface area contributed by atoms with E-state index in [2.05, 4.69) is 17.0 Å². The standard InChI is InChI=1S/C22H23NO5/c24-17-14-23(13-15-4-5-18-16(12-15)7-9-25-18)8-6-19(17)28-21-3-1-2-20-22(21)27-11-10-26-20/h1-5,7,9,12,17,19,24H,6,8,10-11,13-14H2/t17-,19-/m1/s1. The quantitative estimate of drug-likeness (QED) is 0.749. The molecule has 3 heterocycles. The van der Waals surface area contributed by atoms with E-state index < -0.39 is 6.10 Å². The summed E-state index contributed by atoms with van der Waals surface area (Å²) in [5.74, 6) is 1.97. The summed E-state index contributed by atoms with van der Waals surface area (Å²) in [6.07, 6.45) is 1.63. The van der Waals surface area contributed by atoms with Crippen LogP contribution in [0.15, 0.2) is 53.1 Å². The molecular weight excluding hydrogens is 358 g/mol. The third kappa shape index (κ3) is 3.41. The van der Waals surface area contributed by atoms with Crippen LogP contribution in [0.3, 0.4) is 0 Å². The summed E-state index contributed by atoms with van der Waals surface area (Å²) in [6.45, 7) is 3.28. The van der Waals surface area contributed by atoms with E-state index in [1.54, 1.807) is 6.26 Å². The van der Waals surface area contributed by atoms with Gasteiger partial charge in [-0.3, -0.25) is 4.90 Å². The highest BCUT2D eigenvalue weighted by Crippen LogP contribution is 2.40. The minimum atomic E-state index is -0.563. The Morgan fingerprint density at radius 3 is 2.96 bits per heavy atom. The number of nitrogens with zero attached hydrogens (tertiary/aromatic N) is 1. The van der Waals surface area contributed by atoms with Gasteiger partial charge in [0.1, 0.15) is 31.0 Å². The van der Waals surface area contributed by atoms with Crippen molar-refractivity contribution in [3.05, 3.63) is 54.3 Å². The van der Waals surface area contributed by atoms with Gasteiger partial charge >= 0.3 is 0 Å². The van der Waals surface area contributed by atoms with Crippen molar-refractivity contribution in [3.63, 3.8) is 0 Å². The fraction of sp³-hybridized carbons (Fsp3) is 0.364. The Morgan fingerprint density at radius 1 is 1.11 bits per heavy atom. The van der Waals surface area contributed by atoms with E-state index in [-0.39, 0.29) is 6.10 Å². The number of ether oxygens (including phenoxy) is 3. The molecule has 6 heteroatoms. The van der Waals surface area contributed by atoms with Crippen LogP contribution in [0.25, 0.3) is 11.0 Å². The number of benzene rings is 2. The van der Waals surface area contributed by atoms with Crippen molar-refractivity contribution in [2.75, 3.05) is 26.3 Å². The fourth-order valence-electron chi connectivity index (χ4n) is 3.93. The molecule has 1 fully saturated rings. The van der Waals surface area contributed by atoms with Crippen molar-refractivity contribution >= 4 is 11.0 Å². The topological polar surface area (TPSA) is 64.3 Å². The van der Waals surface area contributed by atoms with Crippen LogP contribution in [-0.2, 0) is 6.54 Å². The van der Waals surface area contributed by atoms with E-state index in [1.165, 1.54) is 5.56 Å². The number of likely N-dealkylation sites (tertiary alicyclic amines) is 1. The molecular formula is C22H23NO5. The number of hydrogen-bond acceptors (Lipinski definition) is 6. The van der Waals surface area contributed by atoms with Gasteiger partial charge in [-0.25, -0.2) is 0 Å². The Morgan fingerprint density at radius 2 is 2.04 bits per heavy atom. The molecule has 2 aromatic carbocycles. The molecule has 0 saturated carbocycles. The van der Waals surface area contributed by atoms with Gasteiger partial charge in [0.25, 0.3) is 0 Å². The van der Waals surface area contributed by atoms with E-state index in [4.69, 9.17) is 18.6 Å². The SMILES string of the molecule is O[C@@H]1CN(Cc2ccc3occc3c2)CC[C@H]1Oc1cccc2c1OCCO2. The van der Waals surface area contributed by atoms with Crippen LogP contribution in [0, 0.1) is 0 Å². The molecule has 0 radical (unpaired) electrons. The molecule has 1 N–H and O–H groups in total. The van der Waals surface area contributed by atoms with Crippen LogP contribution >= 0.6 is 0 Å². The summed E-state index contributed by atoms with van der Waals surface area (Å²) >= 11 is 0. The van der Waals surface area contributed by atoms with Crippen molar-refractivity contribution in [1.82, 2.24) is 4.90 Å². The zero-order chi connectivity index (χ0) is 18.9. The highest BCUT2D eigenvalue weighted by Gasteiger charge is 2.30. The molecule has 0 amide bonds. The summed E-state index contributed by atoms with van der Waals surface area (Å²) in [5.41, 5.74) is 2.11. The van der Waals surface area contributed by atoms with Crippen LogP contribution in [-0.4, -0.2) is 48.5 Å². The number of aliphatic hydroxyl groups is 1. The molecule has 2 atom stereocenters. The summed E-state index contributed by atoms with van der Waals surface area (Å²) in [6, 6.07) is 13.8. The summed E-state index contributed by atoms with van der Waals surface area (Å²) in [7, 11) is 0. The molecule has 0 bridgehead atoms. The van der Waals surface area contributed by atoms with Gasteiger partial charge in [-0.05, 0) is 42.3 Å². The summed E-state index contributed by atoms with van der Waals surface area (Å²) in [5, 5.41) is 11.8. The Balaban J connectivity index is 1.23. The van der Waals surface area contributed by atoms with Crippen LogP contribution in [0.5, 0.6) is 17.2 Å².